The van der Waals surface area contributed by atoms with Crippen molar-refractivity contribution in [2.45, 2.75) is 13.5 Å². The second-order valence-electron chi connectivity index (χ2n) is 4.51. The van der Waals surface area contributed by atoms with Gasteiger partial charge >= 0.3 is 5.95 Å². The first kappa shape index (κ1) is 17.9. The minimum absolute atomic E-state index is 0.0401. The molecule has 1 amide bonds. The molecule has 14 heteroatoms. The van der Waals surface area contributed by atoms with Crippen molar-refractivity contribution in [3.05, 3.63) is 45.0 Å². The third kappa shape index (κ3) is 3.91. The lowest BCUT2D eigenvalue weighted by molar-refractivity contribution is -0.394. The monoisotopic (exact) mass is 361 g/mol. The number of benzene rings is 1. The fourth-order valence-electron chi connectivity index (χ4n) is 1.59. The molecule has 0 aliphatic rings. The highest BCUT2D eigenvalue weighted by Gasteiger charge is 2.24. The summed E-state index contributed by atoms with van der Waals surface area (Å²) in [5.74, 6) is -9.55. The Morgan fingerprint density at radius 2 is 1.92 bits per heavy atom. The molecular formula is C11H7F4N7O3. The smallest absolute Gasteiger partial charge is 0.390 e. The van der Waals surface area contributed by atoms with Gasteiger partial charge in [-0.15, -0.1) is 0 Å². The van der Waals surface area contributed by atoms with Gasteiger partial charge in [0.25, 0.3) is 5.91 Å². The SMILES string of the molecule is CC(Cn1nnc([N+](=O)[O-])n1)=NNC(=O)c1c(F)c(F)cc(F)c1F. The van der Waals surface area contributed by atoms with Crippen LogP contribution in [0.2, 0.25) is 0 Å². The van der Waals surface area contributed by atoms with E-state index in [1.54, 1.807) is 5.43 Å². The molecule has 0 saturated carbocycles. The molecule has 0 aliphatic carbocycles. The maximum absolute atomic E-state index is 13.5. The molecule has 132 valence electrons. The summed E-state index contributed by atoms with van der Waals surface area (Å²) in [6.07, 6.45) is 0. The van der Waals surface area contributed by atoms with Gasteiger partial charge < -0.3 is 10.1 Å². The van der Waals surface area contributed by atoms with Crippen molar-refractivity contribution in [2.75, 3.05) is 0 Å². The molecule has 0 atom stereocenters. The van der Waals surface area contributed by atoms with Gasteiger partial charge in [0.1, 0.15) is 12.1 Å². The summed E-state index contributed by atoms with van der Waals surface area (Å²) < 4.78 is 53.0. The Morgan fingerprint density at radius 1 is 1.32 bits per heavy atom. The minimum atomic E-state index is -1.88. The first-order chi connectivity index (χ1) is 11.7. The van der Waals surface area contributed by atoms with Crippen LogP contribution in [0.1, 0.15) is 17.3 Å². The van der Waals surface area contributed by atoms with E-state index >= 15 is 0 Å². The van der Waals surface area contributed by atoms with Crippen molar-refractivity contribution in [3.8, 4) is 0 Å². The molecule has 2 aromatic rings. The lowest BCUT2D eigenvalue weighted by atomic mass is 10.1. The molecule has 10 nitrogen and oxygen atoms in total. The van der Waals surface area contributed by atoms with Crippen molar-refractivity contribution in [2.24, 2.45) is 5.10 Å². The van der Waals surface area contributed by atoms with E-state index in [-0.39, 0.29) is 18.3 Å². The normalized spacial score (nSPS) is 11.5. The molecule has 2 rings (SSSR count). The van der Waals surface area contributed by atoms with E-state index in [1.807, 2.05) is 0 Å². The molecule has 25 heavy (non-hydrogen) atoms. The van der Waals surface area contributed by atoms with Crippen molar-refractivity contribution in [3.63, 3.8) is 0 Å². The maximum Gasteiger partial charge on any atom is 0.514 e. The molecule has 0 unspecified atom stereocenters. The van der Waals surface area contributed by atoms with Crippen LogP contribution in [0, 0.1) is 33.4 Å². The van der Waals surface area contributed by atoms with Gasteiger partial charge in [-0.3, -0.25) is 4.79 Å². The van der Waals surface area contributed by atoms with Gasteiger partial charge in [0.15, 0.2) is 23.3 Å². The van der Waals surface area contributed by atoms with Crippen LogP contribution < -0.4 is 5.43 Å². The number of hydrazone groups is 1. The van der Waals surface area contributed by atoms with Gasteiger partial charge in [-0.25, -0.2) is 23.0 Å². The van der Waals surface area contributed by atoms with Crippen molar-refractivity contribution in [1.29, 1.82) is 0 Å². The van der Waals surface area contributed by atoms with E-state index < -0.39 is 45.6 Å². The summed E-state index contributed by atoms with van der Waals surface area (Å²) in [6, 6.07) is -0.0424. The number of aromatic nitrogens is 4. The van der Waals surface area contributed by atoms with Gasteiger partial charge in [0, 0.05) is 11.3 Å². The summed E-state index contributed by atoms with van der Waals surface area (Å²) in [6.45, 7) is 1.05. The van der Waals surface area contributed by atoms with Crippen molar-refractivity contribution < 1.29 is 27.3 Å². The summed E-state index contributed by atoms with van der Waals surface area (Å²) >= 11 is 0. The van der Waals surface area contributed by atoms with Crippen LogP contribution in [-0.4, -0.2) is 36.7 Å². The van der Waals surface area contributed by atoms with Crippen LogP contribution in [0.3, 0.4) is 0 Å². The summed E-state index contributed by atoms with van der Waals surface area (Å²) in [5.41, 5.74) is 0.254. The highest BCUT2D eigenvalue weighted by atomic mass is 19.2. The van der Waals surface area contributed by atoms with Crippen molar-refractivity contribution >= 4 is 17.6 Å². The third-order valence-electron chi connectivity index (χ3n) is 2.66. The van der Waals surface area contributed by atoms with Crippen LogP contribution in [0.5, 0.6) is 0 Å². The first-order valence-electron chi connectivity index (χ1n) is 6.29. The largest absolute Gasteiger partial charge is 0.514 e. The lowest BCUT2D eigenvalue weighted by Gasteiger charge is -2.06. The lowest BCUT2D eigenvalue weighted by Crippen LogP contribution is -2.24. The molecule has 0 fully saturated rings. The Hall–Kier alpha value is -3.45. The van der Waals surface area contributed by atoms with E-state index in [4.69, 9.17) is 0 Å². The Kier molecular flexibility index (Phi) is 5.00. The van der Waals surface area contributed by atoms with Gasteiger partial charge in [-0.05, 0) is 11.8 Å². The number of nitro groups is 1. The van der Waals surface area contributed by atoms with Crippen molar-refractivity contribution in [1.82, 2.24) is 25.6 Å². The molecule has 0 radical (unpaired) electrons. The number of nitrogens with one attached hydrogen (secondary N) is 1. The second-order valence-corrected chi connectivity index (χ2v) is 4.51. The van der Waals surface area contributed by atoms with Crippen LogP contribution in [-0.2, 0) is 6.54 Å². The topological polar surface area (TPSA) is 128 Å². The molecule has 1 aromatic carbocycles. The van der Waals surface area contributed by atoms with Gasteiger partial charge in [0.05, 0.1) is 15.9 Å². The van der Waals surface area contributed by atoms with E-state index in [0.717, 1.165) is 4.80 Å². The molecule has 1 heterocycles. The third-order valence-corrected chi connectivity index (χ3v) is 2.66. The fourth-order valence-corrected chi connectivity index (χ4v) is 1.59. The molecule has 1 aromatic heterocycles. The zero-order valence-electron chi connectivity index (χ0n) is 12.2. The number of tetrazole rings is 1. The average molecular weight is 361 g/mol. The standard InChI is InChI=1S/C11H7F4N7O3/c1-4(3-21-19-11(18-20-21)22(24)25)16-17-10(23)7-8(14)5(12)2-6(13)9(7)15/h2H,3H2,1H3,(H,17,23). The summed E-state index contributed by atoms with van der Waals surface area (Å²) in [4.78, 5) is 22.0. The number of amides is 1. The molecular weight excluding hydrogens is 354 g/mol. The second kappa shape index (κ2) is 6.98. The van der Waals surface area contributed by atoms with Crippen LogP contribution in [0.4, 0.5) is 23.5 Å². The number of carbonyl (C=O) groups is 1. The number of nitrogens with zero attached hydrogens (tertiary/aromatic N) is 6. The van der Waals surface area contributed by atoms with Gasteiger partial charge in [0.2, 0.25) is 0 Å². The van der Waals surface area contributed by atoms with Crippen LogP contribution in [0.25, 0.3) is 0 Å². The highest BCUT2D eigenvalue weighted by molar-refractivity contribution is 5.95. The molecule has 0 saturated heterocycles. The van der Waals surface area contributed by atoms with Gasteiger partial charge in [-0.2, -0.15) is 5.10 Å². The number of carbonyl (C=O) groups excluding carboxylic acids is 1. The first-order valence-corrected chi connectivity index (χ1v) is 6.29. The fraction of sp³-hybridized carbons (Fsp3) is 0.182. The number of hydrogen-bond acceptors (Lipinski definition) is 7. The minimum Gasteiger partial charge on any atom is -0.390 e. The Balaban J connectivity index is 2.13. The van der Waals surface area contributed by atoms with Crippen LogP contribution in [0.15, 0.2) is 11.2 Å². The number of rotatable bonds is 5. The molecule has 0 spiro atoms. The number of hydrogen-bond donors (Lipinski definition) is 1. The number of halogens is 4. The predicted molar refractivity (Wildman–Crippen MR) is 71.3 cm³/mol. The van der Waals surface area contributed by atoms with E-state index in [9.17, 15) is 32.5 Å². The zero-order chi connectivity index (χ0) is 18.7. The Bertz CT molecular complexity index is 857. The van der Waals surface area contributed by atoms with E-state index in [0.29, 0.717) is 0 Å². The Morgan fingerprint density at radius 3 is 2.44 bits per heavy atom. The van der Waals surface area contributed by atoms with Gasteiger partial charge in [-0.1, -0.05) is 4.80 Å². The summed E-state index contributed by atoms with van der Waals surface area (Å²) in [5, 5.41) is 23.6. The zero-order valence-corrected chi connectivity index (χ0v) is 12.2. The quantitative estimate of drug-likeness (QED) is 0.278. The van der Waals surface area contributed by atoms with Crippen LogP contribution >= 0.6 is 0 Å². The van der Waals surface area contributed by atoms with E-state index in [1.165, 1.54) is 6.92 Å². The predicted octanol–water partition coefficient (Wildman–Crippen LogP) is 0.944. The molecule has 0 bridgehead atoms. The molecule has 0 aliphatic heterocycles. The molecule has 1 N–H and O–H groups in total. The Labute approximate surface area is 135 Å². The maximum atomic E-state index is 13.5. The average Bonchev–Trinajstić information content (AvgIpc) is 3.00. The van der Waals surface area contributed by atoms with E-state index in [2.05, 4.69) is 20.5 Å². The highest BCUT2D eigenvalue weighted by Crippen LogP contribution is 2.19. The summed E-state index contributed by atoms with van der Waals surface area (Å²) in [7, 11) is 0.